The third-order valence-corrected chi connectivity index (χ3v) is 5.07. The molecule has 2 heteroatoms. The lowest BCUT2D eigenvalue weighted by Gasteiger charge is -2.49. The lowest BCUT2D eigenvalue weighted by Crippen LogP contribution is -2.45. The van der Waals surface area contributed by atoms with Crippen LogP contribution in [-0.2, 0) is 4.74 Å². The van der Waals surface area contributed by atoms with Crippen molar-refractivity contribution in [1.29, 1.82) is 0 Å². The SMILES string of the molecule is COc1ccc(C2OC(C)(C)C3CC=C(C)C2C3)cc1. The fraction of sp³-hybridized carbons (Fsp3) is 0.556. The molecule has 20 heavy (non-hydrogen) atoms. The molecule has 2 nitrogen and oxygen atoms in total. The lowest BCUT2D eigenvalue weighted by atomic mass is 9.69. The maximum absolute atomic E-state index is 6.49. The highest BCUT2D eigenvalue weighted by Gasteiger charge is 2.45. The fourth-order valence-corrected chi connectivity index (χ4v) is 3.60. The van der Waals surface area contributed by atoms with E-state index in [1.165, 1.54) is 17.6 Å². The molecule has 3 unspecified atom stereocenters. The number of rotatable bonds is 2. The van der Waals surface area contributed by atoms with Crippen molar-refractivity contribution < 1.29 is 9.47 Å². The van der Waals surface area contributed by atoms with Crippen LogP contribution in [0.4, 0.5) is 0 Å². The van der Waals surface area contributed by atoms with Gasteiger partial charge in [-0.1, -0.05) is 23.8 Å². The molecule has 1 fully saturated rings. The zero-order chi connectivity index (χ0) is 14.3. The highest BCUT2D eigenvalue weighted by Crippen LogP contribution is 2.50. The van der Waals surface area contributed by atoms with Crippen molar-refractivity contribution in [2.24, 2.45) is 11.8 Å². The molecule has 0 aromatic heterocycles. The van der Waals surface area contributed by atoms with Crippen molar-refractivity contribution in [2.75, 3.05) is 7.11 Å². The van der Waals surface area contributed by atoms with Crippen LogP contribution in [0.1, 0.15) is 45.3 Å². The van der Waals surface area contributed by atoms with Crippen molar-refractivity contribution in [3.05, 3.63) is 41.5 Å². The van der Waals surface area contributed by atoms with Gasteiger partial charge in [0.15, 0.2) is 0 Å². The van der Waals surface area contributed by atoms with E-state index in [1.54, 1.807) is 7.11 Å². The van der Waals surface area contributed by atoms with Gasteiger partial charge in [0.1, 0.15) is 5.75 Å². The minimum atomic E-state index is -0.0434. The van der Waals surface area contributed by atoms with Gasteiger partial charge in [0.25, 0.3) is 0 Å². The first-order valence-electron chi connectivity index (χ1n) is 7.49. The van der Waals surface area contributed by atoms with Gasteiger partial charge < -0.3 is 9.47 Å². The highest BCUT2D eigenvalue weighted by atomic mass is 16.5. The zero-order valence-corrected chi connectivity index (χ0v) is 12.8. The van der Waals surface area contributed by atoms with Crippen molar-refractivity contribution in [1.82, 2.24) is 0 Å². The van der Waals surface area contributed by atoms with Crippen LogP contribution >= 0.6 is 0 Å². The summed E-state index contributed by atoms with van der Waals surface area (Å²) in [6.07, 6.45) is 4.99. The molecule has 0 N–H and O–H groups in total. The maximum Gasteiger partial charge on any atom is 0.118 e. The Kier molecular flexibility index (Phi) is 3.37. The van der Waals surface area contributed by atoms with Crippen LogP contribution in [0, 0.1) is 11.8 Å². The van der Waals surface area contributed by atoms with Crippen molar-refractivity contribution >= 4 is 0 Å². The number of fused-ring (bicyclic) bond motifs is 2. The molecule has 2 aliphatic rings. The van der Waals surface area contributed by atoms with Gasteiger partial charge in [0, 0.05) is 5.92 Å². The smallest absolute Gasteiger partial charge is 0.118 e. The summed E-state index contributed by atoms with van der Waals surface area (Å²) in [7, 11) is 1.70. The van der Waals surface area contributed by atoms with Crippen molar-refractivity contribution in [2.45, 2.75) is 45.3 Å². The first-order chi connectivity index (χ1) is 9.51. The summed E-state index contributed by atoms with van der Waals surface area (Å²) in [6, 6.07) is 8.34. The van der Waals surface area contributed by atoms with Crippen molar-refractivity contribution in [3.8, 4) is 5.75 Å². The zero-order valence-electron chi connectivity index (χ0n) is 12.8. The average Bonchev–Trinajstić information content (AvgIpc) is 2.45. The van der Waals surface area contributed by atoms with E-state index >= 15 is 0 Å². The highest BCUT2D eigenvalue weighted by molar-refractivity contribution is 5.31. The second-order valence-electron chi connectivity index (χ2n) is 6.64. The molecule has 0 spiro atoms. The molecule has 2 bridgehead atoms. The average molecular weight is 272 g/mol. The summed E-state index contributed by atoms with van der Waals surface area (Å²) in [6.45, 7) is 6.72. The standard InChI is InChI=1S/C18H24O2/c1-12-5-8-14-11-16(12)17(20-18(14,2)3)13-6-9-15(19-4)10-7-13/h5-7,9-10,14,16-17H,8,11H2,1-4H3. The van der Waals surface area contributed by atoms with E-state index in [4.69, 9.17) is 9.47 Å². The second-order valence-corrected chi connectivity index (χ2v) is 6.64. The lowest BCUT2D eigenvalue weighted by molar-refractivity contribution is -0.166. The molecule has 0 radical (unpaired) electrons. The van der Waals surface area contributed by atoms with Crippen LogP contribution in [-0.4, -0.2) is 12.7 Å². The predicted octanol–water partition coefficient (Wildman–Crippen LogP) is 4.52. The van der Waals surface area contributed by atoms with Gasteiger partial charge >= 0.3 is 0 Å². The molecular weight excluding hydrogens is 248 g/mol. The van der Waals surface area contributed by atoms with Gasteiger partial charge in [-0.25, -0.2) is 0 Å². The number of hydrogen-bond acceptors (Lipinski definition) is 2. The minimum absolute atomic E-state index is 0.0434. The molecule has 1 aliphatic heterocycles. The molecule has 0 amide bonds. The number of methoxy groups -OCH3 is 1. The van der Waals surface area contributed by atoms with Crippen LogP contribution in [0.2, 0.25) is 0 Å². The molecule has 1 saturated heterocycles. The van der Waals surface area contributed by atoms with Gasteiger partial charge in [-0.15, -0.1) is 0 Å². The monoisotopic (exact) mass is 272 g/mol. The first kappa shape index (κ1) is 13.7. The molecule has 0 saturated carbocycles. The Hall–Kier alpha value is -1.28. The van der Waals surface area contributed by atoms with Crippen LogP contribution in [0.3, 0.4) is 0 Å². The molecule has 1 heterocycles. The Morgan fingerprint density at radius 2 is 1.90 bits per heavy atom. The van der Waals surface area contributed by atoms with E-state index in [0.717, 1.165) is 12.2 Å². The van der Waals surface area contributed by atoms with Gasteiger partial charge in [-0.2, -0.15) is 0 Å². The number of allylic oxidation sites excluding steroid dienone is 1. The van der Waals surface area contributed by atoms with Gasteiger partial charge in [0.05, 0.1) is 18.8 Å². The van der Waals surface area contributed by atoms with Crippen LogP contribution in [0.15, 0.2) is 35.9 Å². The summed E-state index contributed by atoms with van der Waals surface area (Å²) in [5.74, 6) is 2.07. The Balaban J connectivity index is 1.94. The van der Waals surface area contributed by atoms with E-state index in [-0.39, 0.29) is 11.7 Å². The Labute approximate surface area is 121 Å². The number of benzene rings is 1. The van der Waals surface area contributed by atoms with E-state index < -0.39 is 0 Å². The summed E-state index contributed by atoms with van der Waals surface area (Å²) >= 11 is 0. The quantitative estimate of drug-likeness (QED) is 0.737. The van der Waals surface area contributed by atoms with Gasteiger partial charge in [-0.3, -0.25) is 0 Å². The van der Waals surface area contributed by atoms with Crippen LogP contribution in [0.25, 0.3) is 0 Å². The fourth-order valence-electron chi connectivity index (χ4n) is 3.60. The molecule has 3 atom stereocenters. The second kappa shape index (κ2) is 4.92. The molecule has 1 aliphatic carbocycles. The normalized spacial score (nSPS) is 31.6. The van der Waals surface area contributed by atoms with E-state index in [2.05, 4.69) is 39.0 Å². The summed E-state index contributed by atoms with van der Waals surface area (Å²) in [4.78, 5) is 0. The van der Waals surface area contributed by atoms with E-state index in [9.17, 15) is 0 Å². The molecule has 1 aromatic rings. The van der Waals surface area contributed by atoms with Crippen LogP contribution < -0.4 is 4.74 Å². The predicted molar refractivity (Wildman–Crippen MR) is 80.9 cm³/mol. The van der Waals surface area contributed by atoms with Gasteiger partial charge in [0.2, 0.25) is 0 Å². The Bertz CT molecular complexity index is 513. The van der Waals surface area contributed by atoms with E-state index in [0.29, 0.717) is 11.8 Å². The molecule has 1 aromatic carbocycles. The Morgan fingerprint density at radius 3 is 2.55 bits per heavy atom. The summed E-state index contributed by atoms with van der Waals surface area (Å²) < 4.78 is 11.7. The topological polar surface area (TPSA) is 18.5 Å². The number of hydrogen-bond donors (Lipinski definition) is 0. The third kappa shape index (κ3) is 2.26. The number of ether oxygens (including phenoxy) is 2. The van der Waals surface area contributed by atoms with Crippen LogP contribution in [0.5, 0.6) is 5.75 Å². The van der Waals surface area contributed by atoms with Gasteiger partial charge in [-0.05, 0) is 57.2 Å². The Morgan fingerprint density at radius 1 is 1.20 bits per heavy atom. The van der Waals surface area contributed by atoms with Crippen molar-refractivity contribution in [3.63, 3.8) is 0 Å². The summed E-state index contributed by atoms with van der Waals surface area (Å²) in [5, 5.41) is 0. The minimum Gasteiger partial charge on any atom is -0.497 e. The van der Waals surface area contributed by atoms with E-state index in [1.807, 2.05) is 12.1 Å². The summed E-state index contributed by atoms with van der Waals surface area (Å²) in [5.41, 5.74) is 2.70. The third-order valence-electron chi connectivity index (χ3n) is 5.07. The molecule has 108 valence electrons. The maximum atomic E-state index is 6.49. The molecule has 3 rings (SSSR count). The first-order valence-corrected chi connectivity index (χ1v) is 7.49. The molecular formula is C18H24O2. The largest absolute Gasteiger partial charge is 0.497 e.